The molecule has 3 heterocycles. The zero-order valence-corrected chi connectivity index (χ0v) is 18.9. The molecule has 7 nitrogen and oxygen atoms in total. The highest BCUT2D eigenvalue weighted by atomic mass is 127. The second-order valence-electron chi connectivity index (χ2n) is 7.89. The number of hydrogen-bond acceptors (Lipinski definition) is 4. The SMILES string of the molecule is CC(C)c1ccnc2c(C(=O)Nc3cn([C@H]4CC[C@H](I)CC4)nc3C(F)F)cnn12. The van der Waals surface area contributed by atoms with Crippen LogP contribution in [0.4, 0.5) is 14.5 Å². The lowest BCUT2D eigenvalue weighted by atomic mass is 9.96. The summed E-state index contributed by atoms with van der Waals surface area (Å²) >= 11 is 2.42. The van der Waals surface area contributed by atoms with Crippen LogP contribution in [0.25, 0.3) is 5.65 Å². The maximum absolute atomic E-state index is 13.6. The van der Waals surface area contributed by atoms with Gasteiger partial charge in [0.2, 0.25) is 0 Å². The fourth-order valence-electron chi connectivity index (χ4n) is 3.85. The zero-order valence-electron chi connectivity index (χ0n) is 16.7. The van der Waals surface area contributed by atoms with Crippen LogP contribution in [0.3, 0.4) is 0 Å². The predicted octanol–water partition coefficient (Wildman–Crippen LogP) is 5.16. The number of hydrogen-bond donors (Lipinski definition) is 1. The van der Waals surface area contributed by atoms with Gasteiger partial charge in [0.15, 0.2) is 11.3 Å². The molecule has 1 N–H and O–H groups in total. The minimum atomic E-state index is -2.78. The molecule has 0 aliphatic heterocycles. The summed E-state index contributed by atoms with van der Waals surface area (Å²) in [5, 5.41) is 11.0. The van der Waals surface area contributed by atoms with Gasteiger partial charge in [0, 0.05) is 22.0 Å². The van der Waals surface area contributed by atoms with Gasteiger partial charge in [-0.25, -0.2) is 18.3 Å². The van der Waals surface area contributed by atoms with E-state index in [1.54, 1.807) is 15.4 Å². The standard InChI is InChI=1S/C20H23F2IN6O/c1-11(2)16-7-8-24-19-14(9-25-29(16)19)20(30)26-15-10-28(27-17(15)18(21)22)13-5-3-12(23)4-6-13/h7-13,18H,3-6H2,1-2H3,(H,26,30)/t12-,13-. The van der Waals surface area contributed by atoms with Gasteiger partial charge in [-0.1, -0.05) is 36.4 Å². The number of rotatable bonds is 5. The van der Waals surface area contributed by atoms with E-state index in [4.69, 9.17) is 0 Å². The lowest BCUT2D eigenvalue weighted by Crippen LogP contribution is -2.18. The van der Waals surface area contributed by atoms with Crippen LogP contribution >= 0.6 is 22.6 Å². The van der Waals surface area contributed by atoms with Gasteiger partial charge in [-0.05, 0) is 37.7 Å². The van der Waals surface area contributed by atoms with Crippen molar-refractivity contribution < 1.29 is 13.6 Å². The average Bonchev–Trinajstić information content (AvgIpc) is 3.32. The minimum absolute atomic E-state index is 0.0333. The molecule has 1 amide bonds. The summed E-state index contributed by atoms with van der Waals surface area (Å²) in [6.07, 6.45) is 5.62. The van der Waals surface area contributed by atoms with Gasteiger partial charge in [-0.15, -0.1) is 0 Å². The number of anilines is 1. The summed E-state index contributed by atoms with van der Waals surface area (Å²) in [5.74, 6) is -0.344. The van der Waals surface area contributed by atoms with Crippen molar-refractivity contribution in [3.8, 4) is 0 Å². The number of halogens is 3. The van der Waals surface area contributed by atoms with Gasteiger partial charge in [-0.3, -0.25) is 9.48 Å². The number of carbonyl (C=O) groups is 1. The predicted molar refractivity (Wildman–Crippen MR) is 118 cm³/mol. The van der Waals surface area contributed by atoms with Gasteiger partial charge in [0.05, 0.1) is 17.9 Å². The lowest BCUT2D eigenvalue weighted by molar-refractivity contribution is 0.102. The highest BCUT2D eigenvalue weighted by Gasteiger charge is 2.27. The van der Waals surface area contributed by atoms with Crippen molar-refractivity contribution >= 4 is 39.8 Å². The molecule has 0 saturated heterocycles. The first-order valence-electron chi connectivity index (χ1n) is 10.0. The number of nitrogens with zero attached hydrogens (tertiary/aromatic N) is 5. The Balaban J connectivity index is 1.62. The van der Waals surface area contributed by atoms with Crippen LogP contribution in [0.1, 0.15) is 79.7 Å². The first-order chi connectivity index (χ1) is 14.3. The number of aromatic nitrogens is 5. The fourth-order valence-corrected chi connectivity index (χ4v) is 4.57. The zero-order chi connectivity index (χ0) is 21.4. The first-order valence-corrected chi connectivity index (χ1v) is 11.2. The summed E-state index contributed by atoms with van der Waals surface area (Å²) in [7, 11) is 0. The molecule has 3 aromatic rings. The van der Waals surface area contributed by atoms with Gasteiger partial charge in [0.1, 0.15) is 5.56 Å². The van der Waals surface area contributed by atoms with Crippen molar-refractivity contribution in [2.75, 3.05) is 5.32 Å². The van der Waals surface area contributed by atoms with Crippen molar-refractivity contribution in [1.82, 2.24) is 24.4 Å². The van der Waals surface area contributed by atoms with Crippen LogP contribution in [-0.2, 0) is 0 Å². The van der Waals surface area contributed by atoms with E-state index in [0.717, 1.165) is 31.4 Å². The third-order valence-electron chi connectivity index (χ3n) is 5.48. The van der Waals surface area contributed by atoms with Crippen LogP contribution < -0.4 is 5.32 Å². The average molecular weight is 528 g/mol. The molecule has 0 aromatic carbocycles. The molecule has 4 rings (SSSR count). The molecule has 1 aliphatic carbocycles. The van der Waals surface area contributed by atoms with Crippen molar-refractivity contribution in [1.29, 1.82) is 0 Å². The van der Waals surface area contributed by atoms with Crippen LogP contribution in [0, 0.1) is 0 Å². The monoisotopic (exact) mass is 528 g/mol. The van der Waals surface area contributed by atoms with Crippen LogP contribution in [-0.4, -0.2) is 34.2 Å². The normalized spacial score (nSPS) is 19.7. The Morgan fingerprint density at radius 1 is 1.27 bits per heavy atom. The topological polar surface area (TPSA) is 77.1 Å². The molecule has 160 valence electrons. The van der Waals surface area contributed by atoms with Crippen molar-refractivity contribution in [2.45, 2.75) is 61.8 Å². The van der Waals surface area contributed by atoms with E-state index in [-0.39, 0.29) is 23.2 Å². The van der Waals surface area contributed by atoms with Gasteiger partial charge in [0.25, 0.3) is 12.3 Å². The number of nitrogens with one attached hydrogen (secondary N) is 1. The second kappa shape index (κ2) is 8.56. The molecule has 30 heavy (non-hydrogen) atoms. The summed E-state index contributed by atoms with van der Waals surface area (Å²) in [6.45, 7) is 4.04. The highest BCUT2D eigenvalue weighted by molar-refractivity contribution is 14.1. The Kier molecular flexibility index (Phi) is 6.03. The molecule has 0 bridgehead atoms. The van der Waals surface area contributed by atoms with E-state index in [2.05, 4.69) is 43.1 Å². The highest BCUT2D eigenvalue weighted by Crippen LogP contribution is 2.35. The Morgan fingerprint density at radius 3 is 2.67 bits per heavy atom. The number of amides is 1. The van der Waals surface area contributed by atoms with Gasteiger partial charge >= 0.3 is 0 Å². The molecule has 1 fully saturated rings. The smallest absolute Gasteiger partial charge is 0.284 e. The molecule has 10 heteroatoms. The summed E-state index contributed by atoms with van der Waals surface area (Å²) in [6, 6.07) is 1.92. The third kappa shape index (κ3) is 4.06. The molecular formula is C20H23F2IN6O. The van der Waals surface area contributed by atoms with E-state index in [1.807, 2.05) is 19.9 Å². The fraction of sp³-hybridized carbons (Fsp3) is 0.500. The van der Waals surface area contributed by atoms with Crippen molar-refractivity contribution in [3.63, 3.8) is 0 Å². The number of alkyl halides is 3. The van der Waals surface area contributed by atoms with Gasteiger partial charge in [-0.2, -0.15) is 10.2 Å². The van der Waals surface area contributed by atoms with Crippen molar-refractivity contribution in [2.24, 2.45) is 0 Å². The summed E-state index contributed by atoms with van der Waals surface area (Å²) < 4.78 is 31.0. The summed E-state index contributed by atoms with van der Waals surface area (Å²) in [5.41, 5.74) is 1.16. The maximum Gasteiger partial charge on any atom is 0.284 e. The molecular weight excluding hydrogens is 505 g/mol. The van der Waals surface area contributed by atoms with E-state index in [1.165, 1.54) is 12.4 Å². The van der Waals surface area contributed by atoms with Gasteiger partial charge < -0.3 is 5.32 Å². The van der Waals surface area contributed by atoms with E-state index in [9.17, 15) is 13.6 Å². The lowest BCUT2D eigenvalue weighted by Gasteiger charge is -2.25. The van der Waals surface area contributed by atoms with Crippen LogP contribution in [0.15, 0.2) is 24.7 Å². The molecule has 0 atom stereocenters. The quantitative estimate of drug-likeness (QED) is 0.367. The van der Waals surface area contributed by atoms with E-state index >= 15 is 0 Å². The maximum atomic E-state index is 13.6. The summed E-state index contributed by atoms with van der Waals surface area (Å²) in [4.78, 5) is 17.1. The van der Waals surface area contributed by atoms with E-state index < -0.39 is 18.0 Å². The molecule has 3 aromatic heterocycles. The molecule has 1 saturated carbocycles. The second-order valence-corrected chi connectivity index (χ2v) is 9.65. The Bertz CT molecular complexity index is 1050. The van der Waals surface area contributed by atoms with Crippen LogP contribution in [0.2, 0.25) is 0 Å². The number of carbonyl (C=O) groups excluding carboxylic acids is 1. The molecule has 0 radical (unpaired) electrons. The molecule has 0 spiro atoms. The molecule has 1 aliphatic rings. The Labute approximate surface area is 186 Å². The largest absolute Gasteiger partial charge is 0.319 e. The Hall–Kier alpha value is -2.11. The number of fused-ring (bicyclic) bond motifs is 1. The van der Waals surface area contributed by atoms with E-state index in [0.29, 0.717) is 9.57 Å². The first kappa shape index (κ1) is 21.1. The van der Waals surface area contributed by atoms with Crippen molar-refractivity contribution in [3.05, 3.63) is 41.6 Å². The minimum Gasteiger partial charge on any atom is -0.319 e. The third-order valence-corrected chi connectivity index (χ3v) is 6.73. The Morgan fingerprint density at radius 2 is 2.00 bits per heavy atom. The van der Waals surface area contributed by atoms with Crippen LogP contribution in [0.5, 0.6) is 0 Å². The molecule has 0 unspecified atom stereocenters.